The Hall–Kier alpha value is -2.27. The highest BCUT2D eigenvalue weighted by Gasteiger charge is 2.06. The molecule has 1 heterocycles. The predicted molar refractivity (Wildman–Crippen MR) is 98.2 cm³/mol. The van der Waals surface area contributed by atoms with Crippen LogP contribution in [0.5, 0.6) is 0 Å². The summed E-state index contributed by atoms with van der Waals surface area (Å²) >= 11 is 0. The fourth-order valence-electron chi connectivity index (χ4n) is 2.29. The van der Waals surface area contributed by atoms with Crippen LogP contribution in [0, 0.1) is 0 Å². The predicted octanol–water partition coefficient (Wildman–Crippen LogP) is 3.11. The largest absolute Gasteiger partial charge is 0.399 e. The maximum Gasteiger partial charge on any atom is 0.228 e. The van der Waals surface area contributed by atoms with E-state index in [4.69, 9.17) is 5.73 Å². The summed E-state index contributed by atoms with van der Waals surface area (Å²) in [5, 5.41) is 2.85. The van der Waals surface area contributed by atoms with Crippen molar-refractivity contribution < 1.29 is 4.79 Å². The number of anilines is 3. The van der Waals surface area contributed by atoms with E-state index in [1.54, 1.807) is 18.3 Å². The number of carbonyl (C=O) groups is 1. The fourth-order valence-corrected chi connectivity index (χ4v) is 2.29. The molecular formula is C17H23ClN4O. The summed E-state index contributed by atoms with van der Waals surface area (Å²) in [6, 6.07) is 11.1. The van der Waals surface area contributed by atoms with Crippen LogP contribution < -0.4 is 16.0 Å². The first-order valence-electron chi connectivity index (χ1n) is 7.47. The summed E-state index contributed by atoms with van der Waals surface area (Å²) in [4.78, 5) is 18.6. The minimum absolute atomic E-state index is 0. The van der Waals surface area contributed by atoms with Crippen molar-refractivity contribution >= 4 is 35.5 Å². The zero-order valence-electron chi connectivity index (χ0n) is 13.5. The Kier molecular flexibility index (Phi) is 7.35. The Bertz CT molecular complexity index is 627. The van der Waals surface area contributed by atoms with Gasteiger partial charge in [-0.05, 0) is 43.7 Å². The second-order valence-corrected chi connectivity index (χ2v) is 5.05. The molecule has 0 aliphatic rings. The van der Waals surface area contributed by atoms with Crippen molar-refractivity contribution in [1.29, 1.82) is 0 Å². The monoisotopic (exact) mass is 334 g/mol. The van der Waals surface area contributed by atoms with E-state index in [-0.39, 0.29) is 18.3 Å². The lowest BCUT2D eigenvalue weighted by atomic mass is 10.1. The quantitative estimate of drug-likeness (QED) is 0.796. The maximum absolute atomic E-state index is 12.0. The SMILES string of the molecule is CCN(CC)c1ccc(NC(=O)Cc2cccc(N)c2)cn1.Cl. The Morgan fingerprint density at radius 3 is 2.52 bits per heavy atom. The number of rotatable bonds is 6. The van der Waals surface area contributed by atoms with Crippen LogP contribution >= 0.6 is 12.4 Å². The number of nitrogens with one attached hydrogen (secondary N) is 1. The molecule has 0 spiro atoms. The van der Waals surface area contributed by atoms with Gasteiger partial charge in [-0.3, -0.25) is 4.79 Å². The molecule has 0 saturated carbocycles. The first kappa shape index (κ1) is 18.8. The van der Waals surface area contributed by atoms with Gasteiger partial charge in [0.15, 0.2) is 0 Å². The molecule has 124 valence electrons. The molecule has 3 N–H and O–H groups in total. The highest BCUT2D eigenvalue weighted by atomic mass is 35.5. The van der Waals surface area contributed by atoms with Crippen molar-refractivity contribution in [1.82, 2.24) is 4.98 Å². The number of nitrogen functional groups attached to an aromatic ring is 1. The van der Waals surface area contributed by atoms with Crippen molar-refractivity contribution in [2.24, 2.45) is 0 Å². The van der Waals surface area contributed by atoms with Gasteiger partial charge in [-0.1, -0.05) is 12.1 Å². The Balaban J connectivity index is 0.00000264. The minimum atomic E-state index is -0.0806. The van der Waals surface area contributed by atoms with Crippen LogP contribution in [0.15, 0.2) is 42.6 Å². The average Bonchev–Trinajstić information content (AvgIpc) is 2.50. The average molecular weight is 335 g/mol. The lowest BCUT2D eigenvalue weighted by molar-refractivity contribution is -0.115. The summed E-state index contributed by atoms with van der Waals surface area (Å²) in [7, 11) is 0. The molecule has 2 aromatic rings. The van der Waals surface area contributed by atoms with Crippen molar-refractivity contribution in [2.75, 3.05) is 29.0 Å². The topological polar surface area (TPSA) is 71.2 Å². The van der Waals surface area contributed by atoms with Gasteiger partial charge < -0.3 is 16.0 Å². The molecule has 1 aromatic heterocycles. The molecule has 1 aromatic carbocycles. The van der Waals surface area contributed by atoms with Gasteiger partial charge in [-0.2, -0.15) is 0 Å². The molecule has 5 nitrogen and oxygen atoms in total. The Labute approximate surface area is 143 Å². The second kappa shape index (κ2) is 9.00. The summed E-state index contributed by atoms with van der Waals surface area (Å²) in [5.74, 6) is 0.835. The van der Waals surface area contributed by atoms with E-state index in [0.717, 1.165) is 24.5 Å². The summed E-state index contributed by atoms with van der Waals surface area (Å²) < 4.78 is 0. The van der Waals surface area contributed by atoms with Crippen LogP contribution in [0.4, 0.5) is 17.2 Å². The van der Waals surface area contributed by atoms with Crippen LogP contribution in [0.25, 0.3) is 0 Å². The smallest absolute Gasteiger partial charge is 0.228 e. The molecule has 0 aliphatic heterocycles. The first-order chi connectivity index (χ1) is 10.6. The van der Waals surface area contributed by atoms with Crippen molar-refractivity contribution in [3.8, 4) is 0 Å². The Morgan fingerprint density at radius 2 is 1.96 bits per heavy atom. The maximum atomic E-state index is 12.0. The number of benzene rings is 1. The third-order valence-corrected chi connectivity index (χ3v) is 3.43. The molecule has 0 saturated heterocycles. The normalized spacial score (nSPS) is 9.83. The number of pyridine rings is 1. The third kappa shape index (κ3) is 5.45. The molecule has 0 atom stereocenters. The van der Waals surface area contributed by atoms with E-state index in [2.05, 4.69) is 29.0 Å². The lowest BCUT2D eigenvalue weighted by Gasteiger charge is -2.19. The van der Waals surface area contributed by atoms with Crippen LogP contribution in [-0.4, -0.2) is 24.0 Å². The van der Waals surface area contributed by atoms with Crippen LogP contribution in [0.2, 0.25) is 0 Å². The van der Waals surface area contributed by atoms with Crippen molar-refractivity contribution in [2.45, 2.75) is 20.3 Å². The molecule has 0 aliphatic carbocycles. The molecule has 23 heavy (non-hydrogen) atoms. The molecule has 0 unspecified atom stereocenters. The molecule has 0 bridgehead atoms. The number of carbonyl (C=O) groups excluding carboxylic acids is 1. The zero-order valence-corrected chi connectivity index (χ0v) is 14.3. The van der Waals surface area contributed by atoms with Gasteiger partial charge in [-0.15, -0.1) is 12.4 Å². The van der Waals surface area contributed by atoms with Crippen molar-refractivity contribution in [3.63, 3.8) is 0 Å². The van der Waals surface area contributed by atoms with E-state index >= 15 is 0 Å². The van der Waals surface area contributed by atoms with E-state index in [1.165, 1.54) is 0 Å². The standard InChI is InChI=1S/C17H22N4O.ClH/c1-3-21(4-2)16-9-8-15(12-19-16)20-17(22)11-13-6-5-7-14(18)10-13;/h5-10,12H,3-4,11,18H2,1-2H3,(H,20,22);1H. The van der Waals surface area contributed by atoms with Crippen LogP contribution in [0.1, 0.15) is 19.4 Å². The van der Waals surface area contributed by atoms with Gasteiger partial charge in [0.1, 0.15) is 5.82 Å². The number of hydrogen-bond donors (Lipinski definition) is 2. The highest BCUT2D eigenvalue weighted by molar-refractivity contribution is 5.92. The van der Waals surface area contributed by atoms with E-state index in [9.17, 15) is 4.79 Å². The first-order valence-corrected chi connectivity index (χ1v) is 7.47. The molecule has 0 fully saturated rings. The zero-order chi connectivity index (χ0) is 15.9. The van der Waals surface area contributed by atoms with E-state index in [1.807, 2.05) is 24.3 Å². The molecule has 0 radical (unpaired) electrons. The summed E-state index contributed by atoms with van der Waals surface area (Å²) in [5.41, 5.74) is 7.97. The van der Waals surface area contributed by atoms with Gasteiger partial charge in [0, 0.05) is 18.8 Å². The Morgan fingerprint density at radius 1 is 1.22 bits per heavy atom. The second-order valence-electron chi connectivity index (χ2n) is 5.05. The number of nitrogens with zero attached hydrogens (tertiary/aromatic N) is 2. The van der Waals surface area contributed by atoms with E-state index < -0.39 is 0 Å². The molecule has 6 heteroatoms. The van der Waals surface area contributed by atoms with Gasteiger partial charge >= 0.3 is 0 Å². The number of nitrogens with two attached hydrogens (primary N) is 1. The number of aromatic nitrogens is 1. The van der Waals surface area contributed by atoms with Crippen molar-refractivity contribution in [3.05, 3.63) is 48.2 Å². The third-order valence-electron chi connectivity index (χ3n) is 3.43. The van der Waals surface area contributed by atoms with Crippen LogP contribution in [0.3, 0.4) is 0 Å². The van der Waals surface area contributed by atoms with Gasteiger partial charge in [0.25, 0.3) is 0 Å². The van der Waals surface area contributed by atoms with Gasteiger partial charge in [0.2, 0.25) is 5.91 Å². The van der Waals surface area contributed by atoms with E-state index in [0.29, 0.717) is 17.8 Å². The number of halogens is 1. The highest BCUT2D eigenvalue weighted by Crippen LogP contribution is 2.14. The minimum Gasteiger partial charge on any atom is -0.399 e. The lowest BCUT2D eigenvalue weighted by Crippen LogP contribution is -2.23. The number of hydrogen-bond acceptors (Lipinski definition) is 4. The number of amides is 1. The summed E-state index contributed by atoms with van der Waals surface area (Å²) in [6.45, 7) is 5.99. The van der Waals surface area contributed by atoms with Gasteiger partial charge in [-0.25, -0.2) is 4.98 Å². The molecule has 2 rings (SSSR count). The van der Waals surface area contributed by atoms with Crippen LogP contribution in [-0.2, 0) is 11.2 Å². The fraction of sp³-hybridized carbons (Fsp3) is 0.294. The molecule has 1 amide bonds. The molecular weight excluding hydrogens is 312 g/mol. The summed E-state index contributed by atoms with van der Waals surface area (Å²) in [6.07, 6.45) is 1.98. The van der Waals surface area contributed by atoms with Gasteiger partial charge in [0.05, 0.1) is 18.3 Å².